The van der Waals surface area contributed by atoms with Crippen LogP contribution in [-0.2, 0) is 19.1 Å². The lowest BCUT2D eigenvalue weighted by molar-refractivity contribution is -0.873. The Labute approximate surface area is 217 Å². The van der Waals surface area contributed by atoms with Gasteiger partial charge in [0.2, 0.25) is 0 Å². The van der Waals surface area contributed by atoms with Crippen LogP contribution in [0.25, 0.3) is 11.4 Å². The number of fused-ring (bicyclic) bond motifs is 1. The molecule has 3 heterocycles. The highest BCUT2D eigenvalue weighted by Crippen LogP contribution is 2.37. The largest absolute Gasteiger partial charge is 0.870 e. The molecular weight excluding hydrogens is 501 g/mol. The molecule has 0 radical (unpaired) electrons. The van der Waals surface area contributed by atoms with Crippen LogP contribution in [0.4, 0.5) is 18.9 Å². The number of ether oxygens (including phenoxy) is 1. The SMILES string of the molecule is COc1ccc(-n2nc(C(F)(F)F)c3c2C(=O)N(c2ccc(-n4ccnc4C[NH+](C)C)cc2)CC3)cc1.[OH-]. The summed E-state index contributed by atoms with van der Waals surface area (Å²) in [6.07, 6.45) is -1.04. The number of halogens is 3. The maximum atomic E-state index is 13.8. The van der Waals surface area contributed by atoms with Gasteiger partial charge in [-0.1, -0.05) is 0 Å². The number of carbonyl (C=O) groups is 1. The maximum absolute atomic E-state index is 13.8. The fraction of sp³-hybridized carbons (Fsp3) is 0.269. The van der Waals surface area contributed by atoms with E-state index in [2.05, 4.69) is 10.1 Å². The zero-order chi connectivity index (χ0) is 26.3. The number of alkyl halides is 3. The number of benzene rings is 2. The molecule has 1 aliphatic heterocycles. The Balaban J connectivity index is 0.00000336. The topological polar surface area (TPSA) is 99.6 Å². The molecule has 0 bridgehead atoms. The third-order valence-corrected chi connectivity index (χ3v) is 6.27. The van der Waals surface area contributed by atoms with Gasteiger partial charge in [0, 0.05) is 35.9 Å². The molecule has 0 unspecified atom stereocenters. The predicted molar refractivity (Wildman–Crippen MR) is 133 cm³/mol. The first-order chi connectivity index (χ1) is 17.7. The number of hydrogen-bond acceptors (Lipinski definition) is 5. The van der Waals surface area contributed by atoms with Crippen molar-refractivity contribution in [2.24, 2.45) is 0 Å². The number of nitrogens with one attached hydrogen (secondary N) is 1. The Bertz CT molecular complexity index is 1430. The summed E-state index contributed by atoms with van der Waals surface area (Å²) in [6, 6.07) is 13.7. The van der Waals surface area contributed by atoms with Crippen molar-refractivity contribution in [2.45, 2.75) is 19.1 Å². The Hall–Kier alpha value is -4.16. The fourth-order valence-corrected chi connectivity index (χ4v) is 4.55. The Kier molecular flexibility index (Phi) is 7.29. The number of carbonyl (C=O) groups excluding carboxylic acids is 1. The van der Waals surface area contributed by atoms with Crippen molar-refractivity contribution in [1.82, 2.24) is 19.3 Å². The summed E-state index contributed by atoms with van der Waals surface area (Å²) in [6.45, 7) is 0.849. The summed E-state index contributed by atoms with van der Waals surface area (Å²) in [5.74, 6) is 0.906. The van der Waals surface area contributed by atoms with Gasteiger partial charge in [0.25, 0.3) is 5.91 Å². The minimum absolute atomic E-state index is 0. The minimum Gasteiger partial charge on any atom is -0.870 e. The second kappa shape index (κ2) is 10.3. The number of anilines is 1. The van der Waals surface area contributed by atoms with Gasteiger partial charge < -0.3 is 20.0 Å². The molecular formula is C26H27F3N6O3. The number of hydrogen-bond donors (Lipinski definition) is 1. The highest BCUT2D eigenvalue weighted by molar-refractivity contribution is 6.07. The number of amides is 1. The van der Waals surface area contributed by atoms with Gasteiger partial charge in [-0.3, -0.25) is 9.36 Å². The molecule has 1 aliphatic rings. The second-order valence-electron chi connectivity index (χ2n) is 9.10. The molecule has 5 rings (SSSR count). The molecule has 38 heavy (non-hydrogen) atoms. The van der Waals surface area contributed by atoms with Crippen molar-refractivity contribution in [3.05, 3.63) is 83.7 Å². The van der Waals surface area contributed by atoms with E-state index in [4.69, 9.17) is 4.74 Å². The summed E-state index contributed by atoms with van der Waals surface area (Å²) >= 11 is 0. The van der Waals surface area contributed by atoms with Gasteiger partial charge in [-0.05, 0) is 55.0 Å². The standard InChI is InChI=1S/C26H25F3N6O2.H2O/c1-32(2)16-22-30-13-15-33(22)17-4-6-18(7-5-17)34-14-12-21-23(25(34)36)35(31-24(21)26(27,28)29)19-8-10-20(37-3)11-9-19;/h4-11,13,15H,12,14,16H2,1-3H3;1H2. The lowest BCUT2D eigenvalue weighted by Gasteiger charge is -2.28. The van der Waals surface area contributed by atoms with Gasteiger partial charge in [-0.2, -0.15) is 18.3 Å². The van der Waals surface area contributed by atoms with Crippen LogP contribution in [0.5, 0.6) is 5.75 Å². The Morgan fingerprint density at radius 2 is 1.63 bits per heavy atom. The molecule has 2 aromatic heterocycles. The van der Waals surface area contributed by atoms with Crippen LogP contribution in [0.15, 0.2) is 60.9 Å². The fourth-order valence-electron chi connectivity index (χ4n) is 4.55. The van der Waals surface area contributed by atoms with Crippen LogP contribution in [0, 0.1) is 0 Å². The van der Waals surface area contributed by atoms with Gasteiger partial charge in [-0.25, -0.2) is 9.67 Å². The van der Waals surface area contributed by atoms with Crippen molar-refractivity contribution in [3.63, 3.8) is 0 Å². The van der Waals surface area contributed by atoms with Gasteiger partial charge in [0.15, 0.2) is 11.5 Å². The molecule has 2 N–H and O–H groups in total. The number of rotatable bonds is 6. The summed E-state index contributed by atoms with van der Waals surface area (Å²) < 4.78 is 49.7. The highest BCUT2D eigenvalue weighted by atomic mass is 19.4. The number of imidazole rings is 1. The van der Waals surface area contributed by atoms with Gasteiger partial charge >= 0.3 is 6.18 Å². The van der Waals surface area contributed by atoms with Crippen LogP contribution in [0.1, 0.15) is 27.6 Å². The van der Waals surface area contributed by atoms with Crippen LogP contribution < -0.4 is 14.5 Å². The van der Waals surface area contributed by atoms with Gasteiger partial charge in [0.1, 0.15) is 18.0 Å². The molecule has 0 saturated heterocycles. The normalized spacial score (nSPS) is 13.4. The van der Waals surface area contributed by atoms with Crippen LogP contribution >= 0.6 is 0 Å². The number of nitrogens with zero attached hydrogens (tertiary/aromatic N) is 5. The molecule has 2 aromatic carbocycles. The van der Waals surface area contributed by atoms with E-state index in [0.717, 1.165) is 22.7 Å². The van der Waals surface area contributed by atoms with E-state index in [1.165, 1.54) is 16.9 Å². The molecule has 0 spiro atoms. The summed E-state index contributed by atoms with van der Waals surface area (Å²) in [5.41, 5.74) is 0.612. The van der Waals surface area contributed by atoms with E-state index in [-0.39, 0.29) is 29.7 Å². The molecule has 9 nitrogen and oxygen atoms in total. The number of aromatic nitrogens is 4. The van der Waals surface area contributed by atoms with E-state index in [0.29, 0.717) is 17.1 Å². The smallest absolute Gasteiger partial charge is 0.435 e. The first-order valence-electron chi connectivity index (χ1n) is 11.7. The molecule has 12 heteroatoms. The molecule has 4 aromatic rings. The molecule has 0 aliphatic carbocycles. The maximum Gasteiger partial charge on any atom is 0.435 e. The van der Waals surface area contributed by atoms with Crippen molar-refractivity contribution in [1.29, 1.82) is 0 Å². The summed E-state index contributed by atoms with van der Waals surface area (Å²) in [4.78, 5) is 20.8. The van der Waals surface area contributed by atoms with E-state index in [1.807, 2.05) is 37.0 Å². The van der Waals surface area contributed by atoms with Crippen molar-refractivity contribution in [2.75, 3.05) is 32.6 Å². The molecule has 0 atom stereocenters. The Morgan fingerprint density at radius 1 is 1.00 bits per heavy atom. The Morgan fingerprint density at radius 3 is 2.24 bits per heavy atom. The number of quaternary nitrogens is 1. The third-order valence-electron chi connectivity index (χ3n) is 6.27. The first-order valence-corrected chi connectivity index (χ1v) is 11.7. The summed E-state index contributed by atoms with van der Waals surface area (Å²) in [7, 11) is 5.58. The van der Waals surface area contributed by atoms with Crippen LogP contribution in [0.2, 0.25) is 0 Å². The van der Waals surface area contributed by atoms with E-state index < -0.39 is 17.8 Å². The zero-order valence-corrected chi connectivity index (χ0v) is 21.0. The van der Waals surface area contributed by atoms with Crippen molar-refractivity contribution in [3.8, 4) is 17.1 Å². The monoisotopic (exact) mass is 528 g/mol. The zero-order valence-electron chi connectivity index (χ0n) is 21.0. The quantitative estimate of drug-likeness (QED) is 0.415. The van der Waals surface area contributed by atoms with Gasteiger partial charge in [0.05, 0.1) is 26.9 Å². The average Bonchev–Trinajstić information content (AvgIpc) is 3.49. The van der Waals surface area contributed by atoms with E-state index in [1.54, 1.807) is 42.6 Å². The van der Waals surface area contributed by atoms with Crippen LogP contribution in [-0.4, -0.2) is 58.5 Å². The molecule has 0 fully saturated rings. The van der Waals surface area contributed by atoms with Gasteiger partial charge in [-0.15, -0.1) is 0 Å². The third kappa shape index (κ3) is 4.87. The first kappa shape index (κ1) is 26.9. The predicted octanol–water partition coefficient (Wildman–Crippen LogP) is 2.76. The molecule has 200 valence electrons. The van der Waals surface area contributed by atoms with E-state index >= 15 is 0 Å². The molecule has 0 saturated carbocycles. The lowest BCUT2D eigenvalue weighted by atomic mass is 10.0. The number of methoxy groups -OCH3 is 1. The van der Waals surface area contributed by atoms with E-state index in [9.17, 15) is 18.0 Å². The average molecular weight is 529 g/mol. The highest BCUT2D eigenvalue weighted by Gasteiger charge is 2.43. The van der Waals surface area contributed by atoms with Crippen molar-refractivity contribution < 1.29 is 33.1 Å². The molecule has 1 amide bonds. The minimum atomic E-state index is -4.68. The lowest BCUT2D eigenvalue weighted by Crippen LogP contribution is -3.04. The summed E-state index contributed by atoms with van der Waals surface area (Å²) in [5, 5.41) is 3.84. The van der Waals surface area contributed by atoms with Crippen molar-refractivity contribution >= 4 is 11.6 Å². The second-order valence-corrected chi connectivity index (χ2v) is 9.10. The van der Waals surface area contributed by atoms with Crippen LogP contribution in [0.3, 0.4) is 0 Å².